The van der Waals surface area contributed by atoms with Crippen LogP contribution >= 0.6 is 0 Å². The predicted molar refractivity (Wildman–Crippen MR) is 85.5 cm³/mol. The second-order valence-electron chi connectivity index (χ2n) is 5.06. The van der Waals surface area contributed by atoms with Crippen LogP contribution in [0.15, 0.2) is 30.6 Å². The highest BCUT2D eigenvalue weighted by Crippen LogP contribution is 2.15. The lowest BCUT2D eigenvalue weighted by atomic mass is 10.2. The molecule has 23 heavy (non-hydrogen) atoms. The summed E-state index contributed by atoms with van der Waals surface area (Å²) < 4.78 is 11.9. The van der Waals surface area contributed by atoms with Gasteiger partial charge in [-0.2, -0.15) is 5.10 Å². The van der Waals surface area contributed by atoms with Crippen LogP contribution in [-0.2, 0) is 16.0 Å². The van der Waals surface area contributed by atoms with E-state index in [-0.39, 0.29) is 12.0 Å². The molecule has 0 aliphatic heterocycles. The summed E-state index contributed by atoms with van der Waals surface area (Å²) in [5.41, 5.74) is 1.15. The van der Waals surface area contributed by atoms with Crippen LogP contribution < -0.4 is 5.32 Å². The molecule has 0 aromatic carbocycles. The second-order valence-corrected chi connectivity index (χ2v) is 5.06. The highest BCUT2D eigenvalue weighted by atomic mass is 16.5. The Kier molecular flexibility index (Phi) is 6.25. The van der Waals surface area contributed by atoms with Gasteiger partial charge in [0.15, 0.2) is 5.82 Å². The minimum atomic E-state index is -0.383. The van der Waals surface area contributed by atoms with Crippen LogP contribution in [0.4, 0.5) is 0 Å². The molecule has 1 unspecified atom stereocenters. The smallest absolute Gasteiger partial charge is 0.341 e. The zero-order valence-electron chi connectivity index (χ0n) is 13.7. The summed E-state index contributed by atoms with van der Waals surface area (Å²) >= 11 is 0. The fraction of sp³-hybridized carbons (Fsp3) is 0.438. The number of nitrogens with zero attached hydrogens (tertiary/aromatic N) is 3. The molecule has 0 fully saturated rings. The van der Waals surface area contributed by atoms with E-state index < -0.39 is 0 Å². The molecule has 2 rings (SSSR count). The molecule has 124 valence electrons. The molecule has 0 aliphatic rings. The van der Waals surface area contributed by atoms with Gasteiger partial charge in [-0.05, 0) is 26.0 Å². The molecule has 0 saturated carbocycles. The SMILES string of the molecule is CCOC(=O)c1cnn(-c2ccccn2)c1CNC(C)COC. The maximum atomic E-state index is 12.1. The average Bonchev–Trinajstić information content (AvgIpc) is 2.98. The van der Waals surface area contributed by atoms with Crippen molar-refractivity contribution in [1.82, 2.24) is 20.1 Å². The van der Waals surface area contributed by atoms with Gasteiger partial charge in [0.1, 0.15) is 5.56 Å². The fourth-order valence-electron chi connectivity index (χ4n) is 2.18. The van der Waals surface area contributed by atoms with Crippen molar-refractivity contribution < 1.29 is 14.3 Å². The third-order valence-electron chi connectivity index (χ3n) is 3.27. The van der Waals surface area contributed by atoms with Gasteiger partial charge in [-0.3, -0.25) is 0 Å². The van der Waals surface area contributed by atoms with Crippen LogP contribution in [0.1, 0.15) is 29.9 Å². The third kappa shape index (κ3) is 4.37. The Morgan fingerprint density at radius 3 is 2.91 bits per heavy atom. The Morgan fingerprint density at radius 2 is 2.26 bits per heavy atom. The van der Waals surface area contributed by atoms with E-state index in [0.717, 1.165) is 0 Å². The van der Waals surface area contributed by atoms with Crippen molar-refractivity contribution in [3.8, 4) is 5.82 Å². The van der Waals surface area contributed by atoms with Crippen molar-refractivity contribution in [2.75, 3.05) is 20.3 Å². The van der Waals surface area contributed by atoms with Gasteiger partial charge in [-0.1, -0.05) is 6.07 Å². The molecule has 0 spiro atoms. The first-order chi connectivity index (χ1) is 11.2. The van der Waals surface area contributed by atoms with Gasteiger partial charge < -0.3 is 14.8 Å². The van der Waals surface area contributed by atoms with E-state index in [1.807, 2.05) is 25.1 Å². The van der Waals surface area contributed by atoms with Crippen LogP contribution in [-0.4, -0.2) is 47.1 Å². The van der Waals surface area contributed by atoms with Gasteiger partial charge >= 0.3 is 5.97 Å². The Bertz CT molecular complexity index is 628. The lowest BCUT2D eigenvalue weighted by Gasteiger charge is -2.14. The molecular weight excluding hydrogens is 296 g/mol. The lowest BCUT2D eigenvalue weighted by molar-refractivity contribution is 0.0524. The van der Waals surface area contributed by atoms with E-state index in [1.54, 1.807) is 24.9 Å². The first-order valence-electron chi connectivity index (χ1n) is 7.55. The fourth-order valence-corrected chi connectivity index (χ4v) is 2.18. The summed E-state index contributed by atoms with van der Waals surface area (Å²) in [7, 11) is 1.65. The molecule has 0 radical (unpaired) electrons. The first kappa shape index (κ1) is 17.1. The zero-order chi connectivity index (χ0) is 16.7. The maximum Gasteiger partial charge on any atom is 0.341 e. The Hall–Kier alpha value is -2.25. The van der Waals surface area contributed by atoms with E-state index in [0.29, 0.717) is 36.8 Å². The quantitative estimate of drug-likeness (QED) is 0.744. The molecule has 7 heteroatoms. The van der Waals surface area contributed by atoms with E-state index in [2.05, 4.69) is 15.4 Å². The molecule has 0 bridgehead atoms. The number of carbonyl (C=O) groups excluding carboxylic acids is 1. The number of carbonyl (C=O) groups is 1. The molecular formula is C16H22N4O3. The number of methoxy groups -OCH3 is 1. The minimum absolute atomic E-state index is 0.141. The second kappa shape index (κ2) is 8.40. The van der Waals surface area contributed by atoms with Gasteiger partial charge in [-0.25, -0.2) is 14.5 Å². The summed E-state index contributed by atoms with van der Waals surface area (Å²) in [5, 5.41) is 7.61. The number of pyridine rings is 1. The largest absolute Gasteiger partial charge is 0.462 e. The molecule has 0 saturated heterocycles. The van der Waals surface area contributed by atoms with E-state index in [9.17, 15) is 4.79 Å². The molecule has 2 aromatic rings. The van der Waals surface area contributed by atoms with Crippen molar-refractivity contribution in [3.63, 3.8) is 0 Å². The number of aromatic nitrogens is 3. The Labute approximate surface area is 135 Å². The van der Waals surface area contributed by atoms with Gasteiger partial charge in [-0.15, -0.1) is 0 Å². The van der Waals surface area contributed by atoms with Crippen LogP contribution in [0, 0.1) is 0 Å². The lowest BCUT2D eigenvalue weighted by Crippen LogP contribution is -2.31. The van der Waals surface area contributed by atoms with Crippen molar-refractivity contribution in [2.24, 2.45) is 0 Å². The molecule has 1 N–H and O–H groups in total. The summed E-state index contributed by atoms with van der Waals surface area (Å²) in [4.78, 5) is 16.4. The van der Waals surface area contributed by atoms with Gasteiger partial charge in [0.2, 0.25) is 0 Å². The normalized spacial score (nSPS) is 12.1. The number of hydrogen-bond acceptors (Lipinski definition) is 6. The van der Waals surface area contributed by atoms with Crippen LogP contribution in [0.25, 0.3) is 5.82 Å². The number of hydrogen-bond donors (Lipinski definition) is 1. The maximum absolute atomic E-state index is 12.1. The number of esters is 1. The third-order valence-corrected chi connectivity index (χ3v) is 3.27. The first-order valence-corrected chi connectivity index (χ1v) is 7.55. The molecule has 0 aliphatic carbocycles. The van der Waals surface area contributed by atoms with E-state index in [4.69, 9.17) is 9.47 Å². The zero-order valence-corrected chi connectivity index (χ0v) is 13.7. The highest BCUT2D eigenvalue weighted by molar-refractivity contribution is 5.90. The average molecular weight is 318 g/mol. The van der Waals surface area contributed by atoms with Gasteiger partial charge in [0.25, 0.3) is 0 Å². The summed E-state index contributed by atoms with van der Waals surface area (Å²) in [6, 6.07) is 5.68. The van der Waals surface area contributed by atoms with Crippen molar-refractivity contribution >= 4 is 5.97 Å². The number of rotatable bonds is 8. The molecule has 1 atom stereocenters. The monoisotopic (exact) mass is 318 g/mol. The molecule has 2 aromatic heterocycles. The molecule has 0 amide bonds. The summed E-state index contributed by atoms with van der Waals surface area (Å²) in [6.45, 7) is 5.14. The topological polar surface area (TPSA) is 78.3 Å². The summed E-state index contributed by atoms with van der Waals surface area (Å²) in [5.74, 6) is 0.269. The Morgan fingerprint density at radius 1 is 1.43 bits per heavy atom. The standard InChI is InChI=1S/C16H22N4O3/c1-4-23-16(21)13-9-19-20(15-7-5-6-8-17-15)14(13)10-18-12(2)11-22-3/h5-9,12,18H,4,10-11H2,1-3H3. The molecule has 2 heterocycles. The summed E-state index contributed by atoms with van der Waals surface area (Å²) in [6.07, 6.45) is 3.20. The van der Waals surface area contributed by atoms with Crippen LogP contribution in [0.2, 0.25) is 0 Å². The molecule has 7 nitrogen and oxygen atoms in total. The van der Waals surface area contributed by atoms with Gasteiger partial charge in [0, 0.05) is 25.9 Å². The van der Waals surface area contributed by atoms with Crippen LogP contribution in [0.3, 0.4) is 0 Å². The predicted octanol–water partition coefficient (Wildman–Crippen LogP) is 1.57. The minimum Gasteiger partial charge on any atom is -0.462 e. The van der Waals surface area contributed by atoms with Crippen molar-refractivity contribution in [1.29, 1.82) is 0 Å². The number of ether oxygens (including phenoxy) is 2. The number of nitrogens with one attached hydrogen (secondary N) is 1. The highest BCUT2D eigenvalue weighted by Gasteiger charge is 2.20. The van der Waals surface area contributed by atoms with Crippen molar-refractivity contribution in [3.05, 3.63) is 41.9 Å². The van der Waals surface area contributed by atoms with Gasteiger partial charge in [0.05, 0.1) is 25.1 Å². The van der Waals surface area contributed by atoms with E-state index >= 15 is 0 Å². The van der Waals surface area contributed by atoms with Crippen LogP contribution in [0.5, 0.6) is 0 Å². The van der Waals surface area contributed by atoms with Crippen molar-refractivity contribution in [2.45, 2.75) is 26.4 Å². The van der Waals surface area contributed by atoms with E-state index in [1.165, 1.54) is 6.20 Å². The Balaban J connectivity index is 2.30.